The van der Waals surface area contributed by atoms with Crippen LogP contribution in [0, 0.1) is 13.8 Å². The maximum Gasteiger partial charge on any atom is 0.294 e. The first-order valence-corrected chi connectivity index (χ1v) is 13.0. The third-order valence-corrected chi connectivity index (χ3v) is 7.17. The number of rotatable bonds is 7. The number of hydrogen-bond acceptors (Lipinski definition) is 5. The third kappa shape index (κ3) is 6.37. The van der Waals surface area contributed by atoms with Crippen molar-refractivity contribution in [2.24, 2.45) is 0 Å². The number of anilines is 1. The Morgan fingerprint density at radius 2 is 1.81 bits per heavy atom. The molecular formula is C27H22BrClN2O4S. The summed E-state index contributed by atoms with van der Waals surface area (Å²) in [5.41, 5.74) is 4.21. The summed E-state index contributed by atoms with van der Waals surface area (Å²) >= 11 is 10.5. The van der Waals surface area contributed by atoms with Gasteiger partial charge in [0.15, 0.2) is 0 Å². The first-order chi connectivity index (χ1) is 17.2. The number of imide groups is 1. The predicted molar refractivity (Wildman–Crippen MR) is 147 cm³/mol. The zero-order valence-electron chi connectivity index (χ0n) is 19.5. The molecule has 9 heteroatoms. The zero-order valence-corrected chi connectivity index (χ0v) is 22.7. The molecule has 6 nitrogen and oxygen atoms in total. The molecule has 0 aromatic heterocycles. The standard InChI is InChI=1S/C27H22BrClN2O4S/c1-16-9-17(2)11-20(10-16)30-25(32)14-31-26(33)24(36-27(31)34)13-18-7-8-23(21(28)12-18)35-15-19-5-3-4-6-22(19)29/h3-13H,14-15H2,1-2H3,(H,30,32)/b24-13+. The molecule has 3 amide bonds. The lowest BCUT2D eigenvalue weighted by Gasteiger charge is -2.13. The SMILES string of the molecule is Cc1cc(C)cc(NC(=O)CN2C(=O)S/C(=C/c3ccc(OCc4ccccc4Cl)c(Br)c3)C2=O)c1. The van der Waals surface area contributed by atoms with Crippen LogP contribution in [0.3, 0.4) is 0 Å². The minimum absolute atomic E-state index is 0.246. The van der Waals surface area contributed by atoms with E-state index in [2.05, 4.69) is 21.2 Å². The highest BCUT2D eigenvalue weighted by atomic mass is 79.9. The molecule has 1 heterocycles. The Kier molecular flexibility index (Phi) is 8.18. The summed E-state index contributed by atoms with van der Waals surface area (Å²) in [6.45, 7) is 3.81. The molecule has 1 saturated heterocycles. The number of ether oxygens (including phenoxy) is 1. The van der Waals surface area contributed by atoms with Crippen LogP contribution < -0.4 is 10.1 Å². The lowest BCUT2D eigenvalue weighted by Crippen LogP contribution is -2.36. The molecule has 1 aliphatic rings. The van der Waals surface area contributed by atoms with Crippen LogP contribution in [0.2, 0.25) is 5.02 Å². The predicted octanol–water partition coefficient (Wildman–Crippen LogP) is 6.97. The number of nitrogens with zero attached hydrogens (tertiary/aromatic N) is 1. The van der Waals surface area contributed by atoms with E-state index in [1.54, 1.807) is 30.3 Å². The van der Waals surface area contributed by atoms with Crippen molar-refractivity contribution in [2.75, 3.05) is 11.9 Å². The lowest BCUT2D eigenvalue weighted by molar-refractivity contribution is -0.127. The molecule has 1 N–H and O–H groups in total. The Morgan fingerprint density at radius 1 is 1.08 bits per heavy atom. The van der Waals surface area contributed by atoms with Gasteiger partial charge in [-0.25, -0.2) is 0 Å². The summed E-state index contributed by atoms with van der Waals surface area (Å²) < 4.78 is 6.55. The number of carbonyl (C=O) groups excluding carboxylic acids is 3. The molecular weight excluding hydrogens is 564 g/mol. The van der Waals surface area contributed by atoms with Crippen LogP contribution in [0.15, 0.2) is 70.0 Å². The Morgan fingerprint density at radius 3 is 2.50 bits per heavy atom. The number of hydrogen-bond donors (Lipinski definition) is 1. The maximum absolute atomic E-state index is 12.8. The summed E-state index contributed by atoms with van der Waals surface area (Å²) in [4.78, 5) is 39.0. The summed E-state index contributed by atoms with van der Waals surface area (Å²) in [5, 5.41) is 2.90. The van der Waals surface area contributed by atoms with Gasteiger partial charge >= 0.3 is 0 Å². The second kappa shape index (κ2) is 11.3. The van der Waals surface area contributed by atoms with E-state index in [4.69, 9.17) is 16.3 Å². The molecule has 3 aromatic carbocycles. The second-order valence-corrected chi connectivity index (χ2v) is 10.5. The van der Waals surface area contributed by atoms with Gasteiger partial charge in [0.05, 0.1) is 9.38 Å². The van der Waals surface area contributed by atoms with Gasteiger partial charge in [0.25, 0.3) is 11.1 Å². The van der Waals surface area contributed by atoms with E-state index in [0.717, 1.165) is 33.4 Å². The average molecular weight is 586 g/mol. The van der Waals surface area contributed by atoms with Crippen LogP contribution in [0.4, 0.5) is 10.5 Å². The van der Waals surface area contributed by atoms with Gasteiger partial charge < -0.3 is 10.1 Å². The Hall–Kier alpha value is -3.07. The van der Waals surface area contributed by atoms with Gasteiger partial charge in [-0.15, -0.1) is 0 Å². The number of thioether (sulfide) groups is 1. The summed E-state index contributed by atoms with van der Waals surface area (Å²) in [5.74, 6) is -0.328. The van der Waals surface area contributed by atoms with Gasteiger partial charge in [-0.05, 0) is 94.6 Å². The van der Waals surface area contributed by atoms with Crippen LogP contribution >= 0.6 is 39.3 Å². The van der Waals surface area contributed by atoms with Crippen molar-refractivity contribution >= 4 is 68.1 Å². The van der Waals surface area contributed by atoms with E-state index in [0.29, 0.717) is 33.1 Å². The number of amides is 3. The minimum atomic E-state index is -0.504. The fourth-order valence-corrected chi connectivity index (χ4v) is 5.21. The van der Waals surface area contributed by atoms with E-state index < -0.39 is 17.1 Å². The monoisotopic (exact) mass is 584 g/mol. The van der Waals surface area contributed by atoms with Crippen LogP contribution in [0.5, 0.6) is 5.75 Å². The molecule has 0 atom stereocenters. The molecule has 1 aliphatic heterocycles. The highest BCUT2D eigenvalue weighted by Crippen LogP contribution is 2.34. The fourth-order valence-electron chi connectivity index (χ4n) is 3.67. The first kappa shape index (κ1) is 26.0. The third-order valence-electron chi connectivity index (χ3n) is 5.28. The molecule has 1 fully saturated rings. The molecule has 0 bridgehead atoms. The summed E-state index contributed by atoms with van der Waals surface area (Å²) in [6.07, 6.45) is 1.62. The normalized spacial score (nSPS) is 14.4. The van der Waals surface area contributed by atoms with Crippen molar-refractivity contribution in [3.8, 4) is 5.75 Å². The fraction of sp³-hybridized carbons (Fsp3) is 0.148. The minimum Gasteiger partial charge on any atom is -0.488 e. The maximum atomic E-state index is 12.8. The summed E-state index contributed by atoms with van der Waals surface area (Å²) in [7, 11) is 0. The Balaban J connectivity index is 1.41. The largest absolute Gasteiger partial charge is 0.488 e. The Labute approximate surface area is 226 Å². The van der Waals surface area contributed by atoms with Gasteiger partial charge in [-0.2, -0.15) is 0 Å². The van der Waals surface area contributed by atoms with Gasteiger partial charge in [0.1, 0.15) is 18.9 Å². The molecule has 184 valence electrons. The van der Waals surface area contributed by atoms with E-state index in [1.807, 2.05) is 50.2 Å². The average Bonchev–Trinajstić information content (AvgIpc) is 3.06. The van der Waals surface area contributed by atoms with Gasteiger partial charge in [-0.1, -0.05) is 41.9 Å². The topological polar surface area (TPSA) is 75.7 Å². The zero-order chi connectivity index (χ0) is 25.8. The van der Waals surface area contributed by atoms with Crippen molar-refractivity contribution in [1.82, 2.24) is 4.90 Å². The van der Waals surface area contributed by atoms with E-state index in [9.17, 15) is 14.4 Å². The van der Waals surface area contributed by atoms with Crippen LogP contribution in [0.1, 0.15) is 22.3 Å². The van der Waals surface area contributed by atoms with E-state index in [-0.39, 0.29) is 11.4 Å². The molecule has 36 heavy (non-hydrogen) atoms. The molecule has 3 aromatic rings. The number of benzene rings is 3. The van der Waals surface area contributed by atoms with Crippen molar-refractivity contribution in [3.63, 3.8) is 0 Å². The molecule has 0 unspecified atom stereocenters. The molecule has 0 spiro atoms. The highest BCUT2D eigenvalue weighted by Gasteiger charge is 2.36. The van der Waals surface area contributed by atoms with Gasteiger partial charge in [-0.3, -0.25) is 19.3 Å². The number of aryl methyl sites for hydroxylation is 2. The molecule has 0 radical (unpaired) electrons. The molecule has 4 rings (SSSR count). The van der Waals surface area contributed by atoms with Crippen molar-refractivity contribution in [1.29, 1.82) is 0 Å². The molecule has 0 saturated carbocycles. The van der Waals surface area contributed by atoms with Crippen LogP contribution in [-0.4, -0.2) is 28.5 Å². The van der Waals surface area contributed by atoms with Gasteiger partial charge in [0.2, 0.25) is 5.91 Å². The van der Waals surface area contributed by atoms with E-state index >= 15 is 0 Å². The number of halogens is 2. The molecule has 0 aliphatic carbocycles. The number of carbonyl (C=O) groups is 3. The quantitative estimate of drug-likeness (QED) is 0.303. The van der Waals surface area contributed by atoms with Crippen molar-refractivity contribution in [2.45, 2.75) is 20.5 Å². The second-order valence-electron chi connectivity index (χ2n) is 8.26. The lowest BCUT2D eigenvalue weighted by atomic mass is 10.1. The van der Waals surface area contributed by atoms with Crippen molar-refractivity contribution < 1.29 is 19.1 Å². The highest BCUT2D eigenvalue weighted by molar-refractivity contribution is 9.10. The van der Waals surface area contributed by atoms with Crippen molar-refractivity contribution in [3.05, 3.63) is 97.3 Å². The smallest absolute Gasteiger partial charge is 0.294 e. The van der Waals surface area contributed by atoms with Crippen LogP contribution in [0.25, 0.3) is 6.08 Å². The number of nitrogens with one attached hydrogen (secondary N) is 1. The Bertz CT molecular complexity index is 1370. The van der Waals surface area contributed by atoms with E-state index in [1.165, 1.54) is 0 Å². The van der Waals surface area contributed by atoms with Crippen LogP contribution in [-0.2, 0) is 16.2 Å². The summed E-state index contributed by atoms with van der Waals surface area (Å²) in [6, 6.07) is 18.5. The van der Waals surface area contributed by atoms with Gasteiger partial charge in [0, 0.05) is 16.3 Å². The first-order valence-electron chi connectivity index (χ1n) is 11.0.